The molecule has 7 rings (SSSR count). The normalized spacial score (nSPS) is 24.7. The van der Waals surface area contributed by atoms with Gasteiger partial charge in [0.05, 0.1) is 5.52 Å². The number of amides is 1. The number of likely N-dealkylation sites (tertiary alicyclic amines) is 1. The van der Waals surface area contributed by atoms with Gasteiger partial charge in [-0.1, -0.05) is 30.3 Å². The number of aryl methyl sites for hydroxylation is 1. The molecular weight excluding hydrogens is 452 g/mol. The number of amidine groups is 1. The van der Waals surface area contributed by atoms with E-state index in [2.05, 4.69) is 46.4 Å². The number of aromatic nitrogens is 2. The summed E-state index contributed by atoms with van der Waals surface area (Å²) in [7, 11) is 1.91. The molecule has 1 spiro atoms. The Labute approximate surface area is 210 Å². The monoisotopic (exact) mass is 484 g/mol. The number of benzene rings is 2. The Hall–Kier alpha value is -3.39. The minimum Gasteiger partial charge on any atom is -0.382 e. The minimum atomic E-state index is -0.585. The Morgan fingerprint density at radius 2 is 1.81 bits per heavy atom. The molecule has 3 heterocycles. The smallest absolute Gasteiger partial charge is 0.225 e. The fraction of sp³-hybridized carbons (Fsp3) is 0.464. The van der Waals surface area contributed by atoms with Crippen LogP contribution in [0.1, 0.15) is 37.7 Å². The number of nitrogens with two attached hydrogens (primary N) is 1. The van der Waals surface area contributed by atoms with Crippen molar-refractivity contribution in [3.63, 3.8) is 0 Å². The number of carbonyl (C=O) groups is 1. The fourth-order valence-corrected chi connectivity index (χ4v) is 5.98. The highest BCUT2D eigenvalue weighted by molar-refractivity contribution is 6.01. The van der Waals surface area contributed by atoms with Crippen molar-refractivity contribution < 1.29 is 9.90 Å². The third-order valence-corrected chi connectivity index (χ3v) is 8.47. The van der Waals surface area contributed by atoms with Crippen LogP contribution >= 0.6 is 0 Å². The van der Waals surface area contributed by atoms with E-state index in [1.807, 2.05) is 22.7 Å². The van der Waals surface area contributed by atoms with Crippen molar-refractivity contribution in [3.8, 4) is 11.1 Å². The van der Waals surface area contributed by atoms with Crippen LogP contribution < -0.4 is 5.73 Å². The molecule has 8 nitrogen and oxygen atoms in total. The van der Waals surface area contributed by atoms with E-state index in [0.717, 1.165) is 85.2 Å². The lowest BCUT2D eigenvalue weighted by atomic mass is 10.0. The number of nitrogens with zero attached hydrogens (tertiary/aromatic N) is 5. The lowest BCUT2D eigenvalue weighted by Crippen LogP contribution is -2.44. The Balaban J connectivity index is 1.12. The predicted octanol–water partition coefficient (Wildman–Crippen LogP) is 2.99. The molecule has 2 aliphatic heterocycles. The molecule has 1 amide bonds. The second-order valence-corrected chi connectivity index (χ2v) is 11.1. The van der Waals surface area contributed by atoms with E-state index >= 15 is 0 Å². The summed E-state index contributed by atoms with van der Waals surface area (Å²) in [5.41, 5.74) is 9.91. The van der Waals surface area contributed by atoms with Gasteiger partial charge in [-0.25, -0.2) is 0 Å². The van der Waals surface area contributed by atoms with Gasteiger partial charge in [-0.3, -0.25) is 14.5 Å². The topological polar surface area (TPSA) is 100.0 Å². The zero-order chi connectivity index (χ0) is 24.6. The number of hydrogen-bond acceptors (Lipinski definition) is 6. The largest absolute Gasteiger partial charge is 0.382 e. The second-order valence-electron chi connectivity index (χ2n) is 11.1. The standard InChI is InChI=1S/C28H32N6O2/c1-32-23-14-21(8-9-22(23)24(29)31-32)18-2-4-19(5-3-18)25-30-28(11-12-28)27(36)34(25)16-17-10-13-33(15-17)26(35)20-6-7-20/h2-5,8-9,14,17,20,27,36H,6-7,10-13,15-16H2,1H3,(H2,29,31)/t17-,27?/m1/s1. The number of aliphatic imine (C=N–C) groups is 1. The molecule has 1 saturated heterocycles. The van der Waals surface area contributed by atoms with Crippen molar-refractivity contribution in [1.82, 2.24) is 19.6 Å². The van der Waals surface area contributed by atoms with Crippen LogP contribution in [0.25, 0.3) is 22.0 Å². The first-order chi connectivity index (χ1) is 17.4. The summed E-state index contributed by atoms with van der Waals surface area (Å²) in [5, 5.41) is 16.5. The van der Waals surface area contributed by atoms with Crippen LogP contribution in [0, 0.1) is 11.8 Å². The van der Waals surface area contributed by atoms with Crippen molar-refractivity contribution in [2.75, 3.05) is 25.4 Å². The van der Waals surface area contributed by atoms with Gasteiger partial charge in [0.1, 0.15) is 11.4 Å². The summed E-state index contributed by atoms with van der Waals surface area (Å²) in [6.45, 7) is 2.36. The van der Waals surface area contributed by atoms with Gasteiger partial charge in [0.25, 0.3) is 0 Å². The number of aliphatic hydroxyl groups is 1. The first kappa shape index (κ1) is 21.9. The third-order valence-electron chi connectivity index (χ3n) is 8.47. The van der Waals surface area contributed by atoms with Gasteiger partial charge < -0.3 is 20.6 Å². The van der Waals surface area contributed by atoms with Gasteiger partial charge in [-0.05, 0) is 61.3 Å². The number of anilines is 1. The van der Waals surface area contributed by atoms with Crippen LogP contribution in [0.15, 0.2) is 47.5 Å². The molecule has 1 unspecified atom stereocenters. The summed E-state index contributed by atoms with van der Waals surface area (Å²) in [4.78, 5) is 21.7. The molecule has 1 aromatic heterocycles. The molecule has 8 heteroatoms. The van der Waals surface area contributed by atoms with Crippen LogP contribution in [-0.4, -0.2) is 67.8 Å². The first-order valence-corrected chi connectivity index (χ1v) is 13.1. The van der Waals surface area contributed by atoms with Crippen LogP contribution in [0.4, 0.5) is 5.82 Å². The van der Waals surface area contributed by atoms with E-state index in [0.29, 0.717) is 17.6 Å². The quantitative estimate of drug-likeness (QED) is 0.580. The van der Waals surface area contributed by atoms with E-state index in [1.54, 1.807) is 0 Å². The molecule has 0 radical (unpaired) electrons. The van der Waals surface area contributed by atoms with Crippen molar-refractivity contribution in [2.45, 2.75) is 43.9 Å². The third kappa shape index (κ3) is 3.50. The van der Waals surface area contributed by atoms with Crippen LogP contribution in [0.5, 0.6) is 0 Å². The average Bonchev–Trinajstić information content (AvgIpc) is 3.80. The summed E-state index contributed by atoms with van der Waals surface area (Å²) in [6.07, 6.45) is 4.35. The molecule has 3 fully saturated rings. The minimum absolute atomic E-state index is 0.266. The molecule has 36 heavy (non-hydrogen) atoms. The molecule has 3 aromatic rings. The lowest BCUT2D eigenvalue weighted by molar-refractivity contribution is -0.131. The Kier molecular flexibility index (Phi) is 4.74. The molecule has 4 aliphatic rings. The van der Waals surface area contributed by atoms with E-state index in [9.17, 15) is 9.90 Å². The van der Waals surface area contributed by atoms with Gasteiger partial charge in [-0.2, -0.15) is 5.10 Å². The number of rotatable bonds is 5. The highest BCUT2D eigenvalue weighted by Crippen LogP contribution is 2.49. The maximum absolute atomic E-state index is 12.5. The maximum atomic E-state index is 12.5. The number of carbonyl (C=O) groups excluding carboxylic acids is 1. The Morgan fingerprint density at radius 3 is 2.53 bits per heavy atom. The van der Waals surface area contributed by atoms with Crippen LogP contribution in [0.2, 0.25) is 0 Å². The number of hydrogen-bond donors (Lipinski definition) is 2. The van der Waals surface area contributed by atoms with E-state index in [1.165, 1.54) is 0 Å². The Bertz CT molecular complexity index is 1390. The summed E-state index contributed by atoms with van der Waals surface area (Å²) in [5.74, 6) is 2.38. The number of fused-ring (bicyclic) bond motifs is 1. The van der Waals surface area contributed by atoms with Gasteiger partial charge in [-0.15, -0.1) is 0 Å². The van der Waals surface area contributed by atoms with Gasteiger partial charge >= 0.3 is 0 Å². The summed E-state index contributed by atoms with van der Waals surface area (Å²) in [6, 6.07) is 14.7. The van der Waals surface area contributed by atoms with Crippen molar-refractivity contribution in [2.24, 2.45) is 23.9 Å². The molecule has 2 atom stereocenters. The predicted molar refractivity (Wildman–Crippen MR) is 139 cm³/mol. The SMILES string of the molecule is Cn1nc(N)c2ccc(-c3ccc(C4=NC5(CC5)C(O)N4C[C@@H]4CCN(C(=O)C5CC5)C4)cc3)cc21. The van der Waals surface area contributed by atoms with Crippen molar-refractivity contribution in [1.29, 1.82) is 0 Å². The summed E-state index contributed by atoms with van der Waals surface area (Å²) < 4.78 is 1.81. The highest BCUT2D eigenvalue weighted by atomic mass is 16.3. The number of aliphatic hydroxyl groups excluding tert-OH is 1. The van der Waals surface area contributed by atoms with E-state index in [4.69, 9.17) is 10.7 Å². The van der Waals surface area contributed by atoms with E-state index in [-0.39, 0.29) is 11.5 Å². The van der Waals surface area contributed by atoms with Gasteiger partial charge in [0.15, 0.2) is 12.0 Å². The first-order valence-electron chi connectivity index (χ1n) is 13.1. The zero-order valence-corrected chi connectivity index (χ0v) is 20.6. The average molecular weight is 485 g/mol. The van der Waals surface area contributed by atoms with Crippen LogP contribution in [-0.2, 0) is 11.8 Å². The molecule has 2 saturated carbocycles. The van der Waals surface area contributed by atoms with Crippen molar-refractivity contribution in [3.05, 3.63) is 48.0 Å². The van der Waals surface area contributed by atoms with Crippen molar-refractivity contribution >= 4 is 28.5 Å². The maximum Gasteiger partial charge on any atom is 0.225 e. The summed E-state index contributed by atoms with van der Waals surface area (Å²) >= 11 is 0. The lowest BCUT2D eigenvalue weighted by Gasteiger charge is -2.29. The molecule has 186 valence electrons. The van der Waals surface area contributed by atoms with Gasteiger partial charge in [0, 0.05) is 43.5 Å². The fourth-order valence-electron chi connectivity index (χ4n) is 5.98. The second kappa shape index (κ2) is 7.80. The Morgan fingerprint density at radius 1 is 1.08 bits per heavy atom. The highest BCUT2D eigenvalue weighted by Gasteiger charge is 2.57. The molecule has 2 aromatic carbocycles. The molecule has 3 N–H and O–H groups in total. The van der Waals surface area contributed by atoms with Gasteiger partial charge in [0.2, 0.25) is 5.91 Å². The number of nitrogen functional groups attached to an aromatic ring is 1. The molecule has 0 bridgehead atoms. The zero-order valence-electron chi connectivity index (χ0n) is 20.6. The van der Waals surface area contributed by atoms with Crippen LogP contribution in [0.3, 0.4) is 0 Å². The van der Waals surface area contributed by atoms with E-state index < -0.39 is 6.23 Å². The molecule has 2 aliphatic carbocycles. The molecular formula is C28H32N6O2.